The fourth-order valence-electron chi connectivity index (χ4n) is 1.34. The van der Waals surface area contributed by atoms with Crippen LogP contribution in [-0.4, -0.2) is 40.1 Å². The van der Waals surface area contributed by atoms with Crippen molar-refractivity contribution < 1.29 is 23.0 Å². The topological polar surface area (TPSA) is 84.9 Å². The van der Waals surface area contributed by atoms with Crippen LogP contribution in [0.3, 0.4) is 0 Å². The summed E-state index contributed by atoms with van der Waals surface area (Å²) in [5.41, 5.74) is 0.133. The second-order valence-corrected chi connectivity index (χ2v) is 5.49. The molecule has 0 heterocycles. The highest BCUT2D eigenvalue weighted by molar-refractivity contribution is 7.92. The number of methoxy groups -OCH3 is 2. The smallest absolute Gasteiger partial charge is 0.232 e. The van der Waals surface area contributed by atoms with Gasteiger partial charge in [0.2, 0.25) is 10.0 Å². The first-order chi connectivity index (χ1) is 8.48. The zero-order chi connectivity index (χ0) is 13.6. The molecule has 0 bridgehead atoms. The Bertz CT molecular complexity index is 486. The van der Waals surface area contributed by atoms with Crippen molar-refractivity contribution in [2.24, 2.45) is 0 Å². The minimum Gasteiger partial charge on any atom is -0.506 e. The summed E-state index contributed by atoms with van der Waals surface area (Å²) in [6.07, 6.45) is 0.392. The maximum atomic E-state index is 11.7. The molecule has 0 aliphatic rings. The van der Waals surface area contributed by atoms with Crippen molar-refractivity contribution in [1.82, 2.24) is 0 Å². The molecule has 0 aliphatic carbocycles. The Balaban J connectivity index is 2.72. The molecule has 102 valence electrons. The van der Waals surface area contributed by atoms with Gasteiger partial charge >= 0.3 is 0 Å². The summed E-state index contributed by atoms with van der Waals surface area (Å²) in [4.78, 5) is 0. The van der Waals surface area contributed by atoms with Gasteiger partial charge in [-0.15, -0.1) is 0 Å². The van der Waals surface area contributed by atoms with Gasteiger partial charge in [0.1, 0.15) is 11.5 Å². The van der Waals surface area contributed by atoms with Gasteiger partial charge in [-0.3, -0.25) is 4.72 Å². The maximum absolute atomic E-state index is 11.7. The predicted molar refractivity (Wildman–Crippen MR) is 68.6 cm³/mol. The lowest BCUT2D eigenvalue weighted by molar-refractivity contribution is 0.199. The van der Waals surface area contributed by atoms with Gasteiger partial charge < -0.3 is 14.6 Å². The quantitative estimate of drug-likeness (QED) is 0.576. The van der Waals surface area contributed by atoms with Crippen LogP contribution in [0.25, 0.3) is 0 Å². The van der Waals surface area contributed by atoms with Crippen molar-refractivity contribution >= 4 is 15.7 Å². The van der Waals surface area contributed by atoms with Crippen molar-refractivity contribution in [3.05, 3.63) is 18.2 Å². The zero-order valence-corrected chi connectivity index (χ0v) is 11.2. The minimum atomic E-state index is -3.48. The molecule has 0 saturated heterocycles. The lowest BCUT2D eigenvalue weighted by Crippen LogP contribution is -2.17. The van der Waals surface area contributed by atoms with Crippen LogP contribution in [0.1, 0.15) is 6.42 Å². The molecular weight excluding hydrogens is 258 g/mol. The summed E-state index contributed by atoms with van der Waals surface area (Å²) in [6.45, 7) is 0.371. The number of nitrogens with one attached hydrogen (secondary N) is 1. The molecule has 0 radical (unpaired) electrons. The molecule has 1 aromatic rings. The Morgan fingerprint density at radius 2 is 2.06 bits per heavy atom. The first kappa shape index (κ1) is 14.6. The van der Waals surface area contributed by atoms with E-state index in [-0.39, 0.29) is 17.2 Å². The fourth-order valence-corrected chi connectivity index (χ4v) is 2.44. The van der Waals surface area contributed by atoms with Crippen molar-refractivity contribution in [2.45, 2.75) is 6.42 Å². The summed E-state index contributed by atoms with van der Waals surface area (Å²) >= 11 is 0. The monoisotopic (exact) mass is 275 g/mol. The van der Waals surface area contributed by atoms with E-state index in [2.05, 4.69) is 4.72 Å². The third-order valence-corrected chi connectivity index (χ3v) is 3.59. The number of phenolic OH excluding ortho intramolecular Hbond substituents is 1. The lowest BCUT2D eigenvalue weighted by atomic mass is 10.3. The molecule has 7 heteroatoms. The molecule has 0 fully saturated rings. The number of ether oxygens (including phenoxy) is 2. The van der Waals surface area contributed by atoms with Gasteiger partial charge in [0.15, 0.2) is 0 Å². The van der Waals surface area contributed by atoms with E-state index in [1.807, 2.05) is 0 Å². The zero-order valence-electron chi connectivity index (χ0n) is 10.3. The van der Waals surface area contributed by atoms with Crippen molar-refractivity contribution in [3.63, 3.8) is 0 Å². The molecule has 0 aliphatic heterocycles. The summed E-state index contributed by atoms with van der Waals surface area (Å²) in [5.74, 6) is 0.214. The minimum absolute atomic E-state index is 0.0632. The van der Waals surface area contributed by atoms with E-state index in [0.29, 0.717) is 18.8 Å². The number of anilines is 1. The molecule has 0 saturated carbocycles. The van der Waals surface area contributed by atoms with Gasteiger partial charge in [-0.05, 0) is 18.6 Å². The Kier molecular flexibility index (Phi) is 5.24. The van der Waals surface area contributed by atoms with E-state index >= 15 is 0 Å². The average molecular weight is 275 g/mol. The Hall–Kier alpha value is -1.47. The van der Waals surface area contributed by atoms with Gasteiger partial charge in [0, 0.05) is 19.8 Å². The highest BCUT2D eigenvalue weighted by Crippen LogP contribution is 2.28. The van der Waals surface area contributed by atoms with E-state index in [9.17, 15) is 13.5 Å². The Labute approximate surface area is 107 Å². The molecular formula is C11H17NO5S. The van der Waals surface area contributed by atoms with Crippen LogP contribution in [0.4, 0.5) is 5.69 Å². The number of rotatable bonds is 7. The van der Waals surface area contributed by atoms with E-state index < -0.39 is 10.0 Å². The Morgan fingerprint density at radius 3 is 2.61 bits per heavy atom. The van der Waals surface area contributed by atoms with Crippen molar-refractivity contribution in [1.29, 1.82) is 0 Å². The van der Waals surface area contributed by atoms with Gasteiger partial charge in [0.25, 0.3) is 0 Å². The number of phenols is 1. The van der Waals surface area contributed by atoms with Gasteiger partial charge in [0.05, 0.1) is 18.6 Å². The second kappa shape index (κ2) is 6.46. The third-order valence-electron chi connectivity index (χ3n) is 2.23. The molecule has 2 N–H and O–H groups in total. The molecule has 1 rings (SSSR count). The summed E-state index contributed by atoms with van der Waals surface area (Å²) < 4.78 is 35.3. The molecule has 18 heavy (non-hydrogen) atoms. The summed E-state index contributed by atoms with van der Waals surface area (Å²) in [7, 11) is -0.509. The summed E-state index contributed by atoms with van der Waals surface area (Å²) in [6, 6.07) is 4.35. The normalized spacial score (nSPS) is 11.2. The van der Waals surface area contributed by atoms with Crippen LogP contribution in [0, 0.1) is 0 Å². The van der Waals surface area contributed by atoms with E-state index in [1.54, 1.807) is 6.07 Å². The largest absolute Gasteiger partial charge is 0.506 e. The fraction of sp³-hybridized carbons (Fsp3) is 0.455. The van der Waals surface area contributed by atoms with Gasteiger partial charge in [-0.2, -0.15) is 0 Å². The SMILES string of the molecule is COCCCS(=O)(=O)Nc1ccc(OC)cc1O. The number of hydrogen-bond acceptors (Lipinski definition) is 5. The van der Waals surface area contributed by atoms with Crippen molar-refractivity contribution in [3.8, 4) is 11.5 Å². The highest BCUT2D eigenvalue weighted by atomic mass is 32.2. The standard InChI is InChI=1S/C11H17NO5S/c1-16-6-3-7-18(14,15)12-10-5-4-9(17-2)8-11(10)13/h4-5,8,12-13H,3,6-7H2,1-2H3. The highest BCUT2D eigenvalue weighted by Gasteiger charge is 2.13. The number of benzene rings is 1. The second-order valence-electron chi connectivity index (χ2n) is 3.65. The van der Waals surface area contributed by atoms with E-state index in [1.165, 1.54) is 26.4 Å². The average Bonchev–Trinajstić information content (AvgIpc) is 2.31. The molecule has 0 amide bonds. The number of aromatic hydroxyl groups is 1. The first-order valence-electron chi connectivity index (χ1n) is 5.35. The molecule has 0 aromatic heterocycles. The van der Waals surface area contributed by atoms with Crippen LogP contribution in [0.15, 0.2) is 18.2 Å². The van der Waals surface area contributed by atoms with Crippen LogP contribution >= 0.6 is 0 Å². The number of sulfonamides is 1. The van der Waals surface area contributed by atoms with E-state index in [4.69, 9.17) is 9.47 Å². The Morgan fingerprint density at radius 1 is 1.33 bits per heavy atom. The van der Waals surface area contributed by atoms with Gasteiger partial charge in [-0.25, -0.2) is 8.42 Å². The van der Waals surface area contributed by atoms with E-state index in [0.717, 1.165) is 0 Å². The first-order valence-corrected chi connectivity index (χ1v) is 7.00. The molecule has 1 aromatic carbocycles. The molecule has 0 atom stereocenters. The predicted octanol–water partition coefficient (Wildman–Crippen LogP) is 1.18. The third kappa shape index (κ3) is 4.42. The van der Waals surface area contributed by atoms with Crippen molar-refractivity contribution in [2.75, 3.05) is 31.3 Å². The molecule has 6 nitrogen and oxygen atoms in total. The number of hydrogen-bond donors (Lipinski definition) is 2. The maximum Gasteiger partial charge on any atom is 0.232 e. The lowest BCUT2D eigenvalue weighted by Gasteiger charge is -2.10. The van der Waals surface area contributed by atoms with Crippen LogP contribution in [0.5, 0.6) is 11.5 Å². The molecule has 0 spiro atoms. The van der Waals surface area contributed by atoms with Gasteiger partial charge in [-0.1, -0.05) is 0 Å². The van der Waals surface area contributed by atoms with Crippen LogP contribution < -0.4 is 9.46 Å². The van der Waals surface area contributed by atoms with Crippen LogP contribution in [-0.2, 0) is 14.8 Å². The van der Waals surface area contributed by atoms with Crippen LogP contribution in [0.2, 0.25) is 0 Å². The summed E-state index contributed by atoms with van der Waals surface area (Å²) in [5, 5.41) is 9.63. The molecule has 0 unspecified atom stereocenters.